The van der Waals surface area contributed by atoms with Crippen LogP contribution in [0, 0.1) is 10.1 Å². The molecule has 94 valence electrons. The van der Waals surface area contributed by atoms with Crippen LogP contribution in [0.2, 0.25) is 0 Å². The van der Waals surface area contributed by atoms with Crippen molar-refractivity contribution in [3.05, 3.63) is 33.9 Å². The van der Waals surface area contributed by atoms with Crippen molar-refractivity contribution in [2.45, 2.75) is 18.9 Å². The Bertz CT molecular complexity index is 393. The zero-order valence-electron chi connectivity index (χ0n) is 9.50. The standard InChI is InChI=1S/C11H15NO5/c1-17-10-6-2-4-8(11(10)12(15)16)9(14)5-3-7-13/h2,4,6,9,13-14H,3,5,7H2,1H3. The Morgan fingerprint density at radius 1 is 1.53 bits per heavy atom. The number of hydrogen-bond donors (Lipinski definition) is 2. The van der Waals surface area contributed by atoms with Gasteiger partial charge in [0.2, 0.25) is 0 Å². The van der Waals surface area contributed by atoms with Crippen molar-refractivity contribution in [1.82, 2.24) is 0 Å². The van der Waals surface area contributed by atoms with Gasteiger partial charge in [-0.2, -0.15) is 0 Å². The van der Waals surface area contributed by atoms with Crippen molar-refractivity contribution >= 4 is 5.69 Å². The molecule has 1 aromatic carbocycles. The highest BCUT2D eigenvalue weighted by Gasteiger charge is 2.24. The summed E-state index contributed by atoms with van der Waals surface area (Å²) >= 11 is 0. The van der Waals surface area contributed by atoms with E-state index in [1.54, 1.807) is 6.07 Å². The number of nitrogens with zero attached hydrogens (tertiary/aromatic N) is 1. The minimum Gasteiger partial charge on any atom is -0.490 e. The van der Waals surface area contributed by atoms with E-state index in [0.717, 1.165) is 0 Å². The number of para-hydroxylation sites is 1. The summed E-state index contributed by atoms with van der Waals surface area (Å²) in [7, 11) is 1.34. The minimum absolute atomic E-state index is 0.0607. The molecule has 6 nitrogen and oxygen atoms in total. The molecule has 17 heavy (non-hydrogen) atoms. The number of hydrogen-bond acceptors (Lipinski definition) is 5. The van der Waals surface area contributed by atoms with E-state index in [1.807, 2.05) is 0 Å². The fourth-order valence-corrected chi connectivity index (χ4v) is 1.61. The lowest BCUT2D eigenvalue weighted by Crippen LogP contribution is -2.05. The molecule has 0 saturated carbocycles. The molecule has 0 saturated heterocycles. The van der Waals surface area contributed by atoms with Crippen molar-refractivity contribution in [3.63, 3.8) is 0 Å². The van der Waals surface area contributed by atoms with Crippen LogP contribution in [0.25, 0.3) is 0 Å². The van der Waals surface area contributed by atoms with E-state index >= 15 is 0 Å². The Morgan fingerprint density at radius 3 is 2.76 bits per heavy atom. The zero-order valence-corrected chi connectivity index (χ0v) is 9.50. The van der Waals surface area contributed by atoms with E-state index in [9.17, 15) is 15.2 Å². The Hall–Kier alpha value is -1.66. The van der Waals surface area contributed by atoms with E-state index in [1.165, 1.54) is 19.2 Å². The number of methoxy groups -OCH3 is 1. The Labute approximate surface area is 98.6 Å². The van der Waals surface area contributed by atoms with Crippen molar-refractivity contribution in [2.24, 2.45) is 0 Å². The van der Waals surface area contributed by atoms with Gasteiger partial charge in [0.25, 0.3) is 0 Å². The normalized spacial score (nSPS) is 12.2. The molecule has 0 aliphatic heterocycles. The molecular formula is C11H15NO5. The molecule has 0 aliphatic rings. The van der Waals surface area contributed by atoms with Crippen LogP contribution in [-0.4, -0.2) is 28.9 Å². The van der Waals surface area contributed by atoms with Gasteiger partial charge in [0.1, 0.15) is 0 Å². The third kappa shape index (κ3) is 3.15. The first-order valence-electron chi connectivity index (χ1n) is 5.22. The summed E-state index contributed by atoms with van der Waals surface area (Å²) in [6.07, 6.45) is -0.322. The molecule has 6 heteroatoms. The highest BCUT2D eigenvalue weighted by Crippen LogP contribution is 2.35. The van der Waals surface area contributed by atoms with Gasteiger partial charge in [-0.1, -0.05) is 6.07 Å². The molecule has 1 unspecified atom stereocenters. The second kappa shape index (κ2) is 6.17. The van der Waals surface area contributed by atoms with Crippen molar-refractivity contribution in [2.75, 3.05) is 13.7 Å². The number of aliphatic hydroxyl groups is 2. The smallest absolute Gasteiger partial charge is 0.316 e. The molecule has 2 N–H and O–H groups in total. The molecule has 0 aromatic heterocycles. The van der Waals surface area contributed by atoms with Crippen molar-refractivity contribution in [1.29, 1.82) is 0 Å². The minimum atomic E-state index is -0.974. The van der Waals surface area contributed by atoms with Gasteiger partial charge in [0.05, 0.1) is 23.7 Å². The largest absolute Gasteiger partial charge is 0.490 e. The molecule has 0 spiro atoms. The van der Waals surface area contributed by atoms with E-state index in [-0.39, 0.29) is 30.0 Å². The Balaban J connectivity index is 3.09. The van der Waals surface area contributed by atoms with Gasteiger partial charge in [0, 0.05) is 6.61 Å². The summed E-state index contributed by atoms with van der Waals surface area (Å²) in [5.74, 6) is 0.121. The number of benzene rings is 1. The zero-order chi connectivity index (χ0) is 12.8. The number of aliphatic hydroxyl groups excluding tert-OH is 2. The van der Waals surface area contributed by atoms with Crippen molar-refractivity contribution in [3.8, 4) is 5.75 Å². The lowest BCUT2D eigenvalue weighted by molar-refractivity contribution is -0.387. The fraction of sp³-hybridized carbons (Fsp3) is 0.455. The van der Waals surface area contributed by atoms with Crippen LogP contribution in [0.4, 0.5) is 5.69 Å². The fourth-order valence-electron chi connectivity index (χ4n) is 1.61. The Morgan fingerprint density at radius 2 is 2.24 bits per heavy atom. The maximum atomic E-state index is 10.9. The number of ether oxygens (including phenoxy) is 1. The van der Waals surface area contributed by atoms with Gasteiger partial charge >= 0.3 is 5.69 Å². The van der Waals surface area contributed by atoms with E-state index in [0.29, 0.717) is 6.42 Å². The van der Waals surface area contributed by atoms with Crippen LogP contribution in [0.15, 0.2) is 18.2 Å². The second-order valence-corrected chi connectivity index (χ2v) is 3.54. The lowest BCUT2D eigenvalue weighted by atomic mass is 10.0. The maximum absolute atomic E-state index is 10.9. The highest BCUT2D eigenvalue weighted by molar-refractivity contribution is 5.53. The SMILES string of the molecule is COc1cccc(C(O)CCCO)c1[N+](=O)[O-]. The van der Waals surface area contributed by atoms with Crippen LogP contribution in [0.3, 0.4) is 0 Å². The summed E-state index contributed by atoms with van der Waals surface area (Å²) in [4.78, 5) is 10.4. The van der Waals surface area contributed by atoms with Gasteiger partial charge in [0.15, 0.2) is 5.75 Å². The summed E-state index contributed by atoms with van der Waals surface area (Å²) in [5.41, 5.74) is -0.0109. The predicted molar refractivity (Wildman–Crippen MR) is 60.9 cm³/mol. The molecule has 0 fully saturated rings. The van der Waals surface area contributed by atoms with Gasteiger partial charge < -0.3 is 14.9 Å². The van der Waals surface area contributed by atoms with E-state index in [2.05, 4.69) is 0 Å². The third-order valence-corrected chi connectivity index (χ3v) is 2.43. The van der Waals surface area contributed by atoms with Crippen LogP contribution in [0.1, 0.15) is 24.5 Å². The van der Waals surface area contributed by atoms with Crippen molar-refractivity contribution < 1.29 is 19.9 Å². The summed E-state index contributed by atoms with van der Waals surface area (Å²) in [6.45, 7) is -0.0607. The summed E-state index contributed by atoms with van der Waals surface area (Å²) in [6, 6.07) is 4.55. The quantitative estimate of drug-likeness (QED) is 0.580. The van der Waals surface area contributed by atoms with Gasteiger partial charge in [-0.25, -0.2) is 0 Å². The van der Waals surface area contributed by atoms with Gasteiger partial charge in [-0.15, -0.1) is 0 Å². The third-order valence-electron chi connectivity index (χ3n) is 2.43. The molecule has 1 rings (SSSR count). The van der Waals surface area contributed by atoms with E-state index in [4.69, 9.17) is 9.84 Å². The number of nitro groups is 1. The molecule has 0 amide bonds. The molecule has 1 aromatic rings. The van der Waals surface area contributed by atoms with Gasteiger partial charge in [-0.05, 0) is 25.0 Å². The first-order valence-corrected chi connectivity index (χ1v) is 5.22. The first kappa shape index (κ1) is 13.4. The number of rotatable bonds is 6. The molecule has 0 radical (unpaired) electrons. The van der Waals surface area contributed by atoms with Crippen LogP contribution in [-0.2, 0) is 0 Å². The second-order valence-electron chi connectivity index (χ2n) is 3.54. The first-order chi connectivity index (χ1) is 8.11. The average molecular weight is 241 g/mol. The lowest BCUT2D eigenvalue weighted by Gasteiger charge is -2.12. The maximum Gasteiger partial charge on any atom is 0.316 e. The number of nitro benzene ring substituents is 1. The summed E-state index contributed by atoms with van der Waals surface area (Å²) < 4.78 is 4.90. The van der Waals surface area contributed by atoms with Crippen LogP contribution in [0.5, 0.6) is 5.75 Å². The monoisotopic (exact) mass is 241 g/mol. The predicted octanol–water partition coefficient (Wildman–Crippen LogP) is 1.41. The molecule has 0 aliphatic carbocycles. The highest BCUT2D eigenvalue weighted by atomic mass is 16.6. The molecule has 0 heterocycles. The summed E-state index contributed by atoms with van der Waals surface area (Å²) in [5, 5.41) is 29.4. The van der Waals surface area contributed by atoms with Gasteiger partial charge in [-0.3, -0.25) is 10.1 Å². The van der Waals surface area contributed by atoms with Crippen LogP contribution >= 0.6 is 0 Å². The van der Waals surface area contributed by atoms with E-state index < -0.39 is 11.0 Å². The average Bonchev–Trinajstić information content (AvgIpc) is 2.34. The Kier molecular flexibility index (Phi) is 4.86. The molecule has 1 atom stereocenters. The molecular weight excluding hydrogens is 226 g/mol. The molecule has 0 bridgehead atoms. The topological polar surface area (TPSA) is 92.8 Å². The van der Waals surface area contributed by atoms with Crippen LogP contribution < -0.4 is 4.74 Å².